The van der Waals surface area contributed by atoms with Crippen molar-refractivity contribution in [2.45, 2.75) is 39.5 Å². The maximum atomic E-state index is 11.3. The molecule has 7 heteroatoms. The highest BCUT2D eigenvalue weighted by atomic mass is 32.2. The van der Waals surface area contributed by atoms with Gasteiger partial charge in [0.2, 0.25) is 0 Å². The molecule has 0 aromatic heterocycles. The Labute approximate surface area is 134 Å². The van der Waals surface area contributed by atoms with E-state index in [0.717, 1.165) is 25.7 Å². The Morgan fingerprint density at radius 2 is 1.30 bits per heavy atom. The predicted octanol–water partition coefficient (Wildman–Crippen LogP) is 3.42. The highest BCUT2D eigenvalue weighted by Crippen LogP contribution is 2.17. The zero-order chi connectivity index (χ0) is 15.2. The normalized spacial score (nSPS) is 10.1. The van der Waals surface area contributed by atoms with Gasteiger partial charge in [0, 0.05) is 0 Å². The maximum absolute atomic E-state index is 11.3. The van der Waals surface area contributed by atoms with Crippen LogP contribution in [0.25, 0.3) is 0 Å². The van der Waals surface area contributed by atoms with Crippen molar-refractivity contribution in [3.8, 4) is 0 Å². The fraction of sp³-hybridized carbons (Fsp3) is 0.769. The van der Waals surface area contributed by atoms with E-state index in [2.05, 4.69) is 0 Å². The Bertz CT molecular complexity index is 280. The zero-order valence-corrected chi connectivity index (χ0v) is 14.5. The second kappa shape index (κ2) is 13.7. The summed E-state index contributed by atoms with van der Waals surface area (Å²) in [6.45, 7) is 4.99. The molecule has 0 spiro atoms. The summed E-state index contributed by atoms with van der Waals surface area (Å²) in [6.07, 6.45) is 3.74. The van der Waals surface area contributed by atoms with Crippen LogP contribution in [0.15, 0.2) is 0 Å². The molecule has 0 aliphatic carbocycles. The molecular weight excluding hydrogens is 316 g/mol. The van der Waals surface area contributed by atoms with Crippen molar-refractivity contribution in [3.05, 3.63) is 0 Å². The highest BCUT2D eigenvalue weighted by molar-refractivity contribution is 8.47. The summed E-state index contributed by atoms with van der Waals surface area (Å²) in [5.41, 5.74) is 0. The van der Waals surface area contributed by atoms with Gasteiger partial charge in [-0.2, -0.15) is 0 Å². The summed E-state index contributed by atoms with van der Waals surface area (Å²) in [7, 11) is 0. The van der Waals surface area contributed by atoms with E-state index in [1.54, 1.807) is 0 Å². The van der Waals surface area contributed by atoms with Crippen molar-refractivity contribution in [2.24, 2.45) is 0 Å². The molecule has 20 heavy (non-hydrogen) atoms. The molecule has 116 valence electrons. The minimum absolute atomic E-state index is 0.195. The van der Waals surface area contributed by atoms with E-state index in [1.807, 2.05) is 13.8 Å². The van der Waals surface area contributed by atoms with E-state index in [1.165, 1.54) is 23.5 Å². The van der Waals surface area contributed by atoms with Crippen molar-refractivity contribution in [3.63, 3.8) is 0 Å². The summed E-state index contributed by atoms with van der Waals surface area (Å²) in [6, 6.07) is 0. The van der Waals surface area contributed by atoms with Crippen LogP contribution < -0.4 is 0 Å². The molecule has 0 saturated carbocycles. The maximum Gasteiger partial charge on any atom is 0.316 e. The molecule has 0 atom stereocenters. The number of carbonyl (C=O) groups excluding carboxylic acids is 2. The van der Waals surface area contributed by atoms with Crippen LogP contribution in [0.1, 0.15) is 39.5 Å². The number of hydrogen-bond acceptors (Lipinski definition) is 7. The lowest BCUT2D eigenvalue weighted by molar-refractivity contribution is -0.141. The third-order valence-corrected chi connectivity index (χ3v) is 4.78. The van der Waals surface area contributed by atoms with Crippen LogP contribution >= 0.6 is 35.7 Å². The fourth-order valence-electron chi connectivity index (χ4n) is 1.02. The molecule has 0 bridgehead atoms. The number of thiocarbonyl (C=S) groups is 1. The van der Waals surface area contributed by atoms with Crippen molar-refractivity contribution in [1.29, 1.82) is 0 Å². The van der Waals surface area contributed by atoms with Gasteiger partial charge in [-0.05, 0) is 12.8 Å². The molecule has 0 amide bonds. The first-order chi connectivity index (χ1) is 9.60. The van der Waals surface area contributed by atoms with Crippen LogP contribution in [0.2, 0.25) is 0 Å². The molecule has 0 heterocycles. The molecule has 0 aromatic rings. The van der Waals surface area contributed by atoms with Gasteiger partial charge < -0.3 is 9.47 Å². The van der Waals surface area contributed by atoms with Gasteiger partial charge in [-0.15, -0.1) is 0 Å². The topological polar surface area (TPSA) is 52.6 Å². The van der Waals surface area contributed by atoms with Crippen molar-refractivity contribution < 1.29 is 19.1 Å². The largest absolute Gasteiger partial charge is 0.465 e. The third-order valence-electron chi connectivity index (χ3n) is 2.14. The molecule has 0 rings (SSSR count). The van der Waals surface area contributed by atoms with Gasteiger partial charge in [-0.1, -0.05) is 62.4 Å². The highest BCUT2D eigenvalue weighted by Gasteiger charge is 2.09. The number of hydrogen-bond donors (Lipinski definition) is 0. The third kappa shape index (κ3) is 12.7. The van der Waals surface area contributed by atoms with E-state index >= 15 is 0 Å². The lowest BCUT2D eigenvalue weighted by Crippen LogP contribution is -2.11. The summed E-state index contributed by atoms with van der Waals surface area (Å²) < 4.78 is 10.6. The quantitative estimate of drug-likeness (QED) is 0.343. The van der Waals surface area contributed by atoms with Crippen LogP contribution in [0, 0.1) is 0 Å². The van der Waals surface area contributed by atoms with Gasteiger partial charge in [0.05, 0.1) is 24.7 Å². The van der Waals surface area contributed by atoms with Crippen molar-refractivity contribution >= 4 is 51.2 Å². The zero-order valence-electron chi connectivity index (χ0n) is 12.0. The van der Waals surface area contributed by atoms with Gasteiger partial charge in [-0.25, -0.2) is 0 Å². The van der Waals surface area contributed by atoms with Gasteiger partial charge in [0.1, 0.15) is 3.53 Å². The smallest absolute Gasteiger partial charge is 0.316 e. The lowest BCUT2D eigenvalue weighted by atomic mass is 10.4. The average Bonchev–Trinajstić information content (AvgIpc) is 2.43. The molecule has 0 radical (unpaired) electrons. The van der Waals surface area contributed by atoms with Gasteiger partial charge in [0.15, 0.2) is 0 Å². The minimum Gasteiger partial charge on any atom is -0.465 e. The Hall–Kier alpha value is -0.270. The number of ether oxygens (including phenoxy) is 2. The predicted molar refractivity (Wildman–Crippen MR) is 89.2 cm³/mol. The van der Waals surface area contributed by atoms with E-state index in [0.29, 0.717) is 16.7 Å². The number of rotatable bonds is 10. The lowest BCUT2D eigenvalue weighted by Gasteiger charge is -2.05. The van der Waals surface area contributed by atoms with E-state index in [9.17, 15) is 9.59 Å². The van der Waals surface area contributed by atoms with Crippen molar-refractivity contribution in [1.82, 2.24) is 0 Å². The SMILES string of the molecule is CCCCOC(=O)CSC(=S)SCC(=O)OCCCC. The first-order valence-electron chi connectivity index (χ1n) is 6.70. The van der Waals surface area contributed by atoms with E-state index < -0.39 is 0 Å². The molecule has 0 saturated heterocycles. The molecule has 0 unspecified atom stereocenters. The minimum atomic E-state index is -0.267. The first kappa shape index (κ1) is 19.7. The number of carbonyl (C=O) groups is 2. The second-order valence-electron chi connectivity index (χ2n) is 3.98. The molecule has 0 aliphatic rings. The number of unbranched alkanes of at least 4 members (excludes halogenated alkanes) is 2. The molecule has 0 aromatic carbocycles. The van der Waals surface area contributed by atoms with Gasteiger partial charge in [-0.3, -0.25) is 9.59 Å². The number of thioether (sulfide) groups is 2. The van der Waals surface area contributed by atoms with Crippen molar-refractivity contribution in [2.75, 3.05) is 24.7 Å². The molecule has 0 N–H and O–H groups in total. The second-order valence-corrected chi connectivity index (χ2v) is 7.13. The van der Waals surface area contributed by atoms with Crippen LogP contribution in [0.5, 0.6) is 0 Å². The molecule has 0 aliphatic heterocycles. The Balaban J connectivity index is 3.57. The Morgan fingerprint density at radius 1 is 0.900 bits per heavy atom. The summed E-state index contributed by atoms with van der Waals surface area (Å²) >= 11 is 7.52. The van der Waals surface area contributed by atoms with Gasteiger partial charge in [0.25, 0.3) is 0 Å². The standard InChI is InChI=1S/C13H22O4S3/c1-3-5-7-16-11(14)9-19-13(18)20-10-12(15)17-8-6-4-2/h3-10H2,1-2H3. The number of esters is 2. The van der Waals surface area contributed by atoms with Crippen LogP contribution in [0.3, 0.4) is 0 Å². The fourth-order valence-corrected chi connectivity index (χ4v) is 2.70. The van der Waals surface area contributed by atoms with E-state index in [-0.39, 0.29) is 23.4 Å². The van der Waals surface area contributed by atoms with E-state index in [4.69, 9.17) is 21.7 Å². The van der Waals surface area contributed by atoms with Crippen LogP contribution in [0.4, 0.5) is 0 Å². The summed E-state index contributed by atoms with van der Waals surface area (Å²) in [5.74, 6) is -0.144. The molecule has 0 fully saturated rings. The molecular formula is C13H22O4S3. The van der Waals surface area contributed by atoms with Gasteiger partial charge >= 0.3 is 11.9 Å². The Kier molecular flexibility index (Phi) is 13.5. The summed E-state index contributed by atoms with van der Waals surface area (Å²) in [4.78, 5) is 22.7. The van der Waals surface area contributed by atoms with Crippen LogP contribution in [-0.4, -0.2) is 40.2 Å². The monoisotopic (exact) mass is 338 g/mol. The average molecular weight is 339 g/mol. The van der Waals surface area contributed by atoms with Crippen LogP contribution in [-0.2, 0) is 19.1 Å². The molecule has 4 nitrogen and oxygen atoms in total. The summed E-state index contributed by atoms with van der Waals surface area (Å²) in [5, 5.41) is 0. The Morgan fingerprint density at radius 3 is 1.65 bits per heavy atom. The first-order valence-corrected chi connectivity index (χ1v) is 9.08.